The van der Waals surface area contributed by atoms with Crippen LogP contribution in [0.25, 0.3) is 0 Å². The SMILES string of the molecule is BrCCC1C=CCCC1.Cl/C=C1\CC2CCC=CC2SC1=Nc1ccc(Cl)cc1.Clc1ccc(N=C2CCC3CCC=CC3S2)cc1.Clc1ccc(N=C2SC3C=CCCC3C/C2=C\Sc2ccccc2)cc1.O=CC1=C(Nc2ccc(Cl)cc2)SC2C=CCCC2C1.S=C(CCC1C=CCCC1)Cc1ccc(Cl)cc1.S=C=Nc1ccc(Cl)cc1. The standard InChI is InChI=1S/C22H20ClNS2.C16H15Cl2NS.C16H16ClNOS.C16H19ClS.C15H16ClNS.C8H13Br.C7H4ClNS/c23-18-10-12-19(13-11-18)24-22-17(15-25-20-7-2-1-3-8-20)14-16-6-4-5-9-21(16)26-22;17-10-12-9-11-3-1-2-4-15(11)20-16(12)19-14-7-5-13(18)6-8-14;17-13-5-7-14(8-6-13)18-16-12(10-19)9-11-3-1-2-4-15(11)20-16;17-15-9-6-14(7-10-15)12-16(18)11-8-13-4-2-1-3-5-13;16-12-6-8-13(9-7-12)17-15-10-5-11-3-1-2-4-14(11)18-15;9-7-6-8-4-2-1-3-5-8;8-6-1-3-7(4-2-6)9-5-10/h1-3,5,7-13,15-16,21H,4,6,14H2;2,4-8,10-11,15H,1,3,9H2;2,4-8,10-11,15,18H,1,3,9H2;2,4,6-7,9-10,13H,1,3,5,8,11-12H2;2,4,6-9,11,14H,1,3,5,10H2;2,4,8H,1,3,5-7H2;1-4H/b17-15+,24-22?;12-10+,19-16?;;;;;. The van der Waals surface area contributed by atoms with Gasteiger partial charge in [-0.2, -0.15) is 4.99 Å². The first-order valence-electron chi connectivity index (χ1n) is 41.9. The monoisotopic (exact) mass is 1940 g/mol. The third kappa shape index (κ3) is 33.8. The molecule has 7 aromatic carbocycles. The summed E-state index contributed by atoms with van der Waals surface area (Å²) in [7, 11) is 0. The van der Waals surface area contributed by atoms with Crippen LogP contribution in [0.4, 0.5) is 28.4 Å². The highest BCUT2D eigenvalue weighted by Crippen LogP contribution is 2.47. The quantitative estimate of drug-likeness (QED) is 0.0254. The lowest BCUT2D eigenvalue weighted by molar-refractivity contribution is -0.105. The van der Waals surface area contributed by atoms with E-state index in [4.69, 9.17) is 108 Å². The fourth-order valence-electron chi connectivity index (χ4n) is 15.3. The highest BCUT2D eigenvalue weighted by atomic mass is 79.9. The van der Waals surface area contributed by atoms with Crippen LogP contribution in [-0.4, -0.2) is 57.8 Å². The van der Waals surface area contributed by atoms with Crippen molar-refractivity contribution in [1.29, 1.82) is 0 Å². The highest BCUT2D eigenvalue weighted by Gasteiger charge is 2.35. The molecule has 4 heterocycles. The van der Waals surface area contributed by atoms with Gasteiger partial charge in [-0.25, -0.2) is 15.0 Å². The van der Waals surface area contributed by atoms with E-state index in [0.717, 1.165) is 160 Å². The fraction of sp³-hybridized carbons (Fsp3) is 0.340. The summed E-state index contributed by atoms with van der Waals surface area (Å²) < 4.78 is 0. The van der Waals surface area contributed by atoms with Crippen molar-refractivity contribution in [3.8, 4) is 0 Å². The maximum Gasteiger partial charge on any atom is 0.148 e. The van der Waals surface area contributed by atoms with Crippen molar-refractivity contribution in [1.82, 2.24) is 0 Å². The number of hydrogen-bond acceptors (Lipinski definition) is 13. The van der Waals surface area contributed by atoms with Gasteiger partial charge in [0.05, 0.1) is 38.0 Å². The van der Waals surface area contributed by atoms with Gasteiger partial charge in [0.1, 0.15) is 16.4 Å². The first-order valence-corrected chi connectivity index (χ1v) is 50.9. The second-order valence-electron chi connectivity index (χ2n) is 30.9. The van der Waals surface area contributed by atoms with E-state index in [9.17, 15) is 4.79 Å². The lowest BCUT2D eigenvalue weighted by Gasteiger charge is -2.33. The van der Waals surface area contributed by atoms with Crippen molar-refractivity contribution in [3.63, 3.8) is 0 Å². The van der Waals surface area contributed by atoms with Crippen molar-refractivity contribution in [2.45, 2.75) is 174 Å². The molecule has 0 saturated carbocycles. The number of nitrogens with one attached hydrogen (secondary N) is 1. The Hall–Kier alpha value is -5.17. The molecule has 1 N–H and O–H groups in total. The maximum absolute atomic E-state index is 11.3. The molecule has 121 heavy (non-hydrogen) atoms. The van der Waals surface area contributed by atoms with Gasteiger partial charge in [0.15, 0.2) is 0 Å². The lowest BCUT2D eigenvalue weighted by atomic mass is 9.88. The lowest BCUT2D eigenvalue weighted by Crippen LogP contribution is -2.26. The number of alkyl halides is 1. The minimum absolute atomic E-state index is 0.488. The van der Waals surface area contributed by atoms with Crippen molar-refractivity contribution >= 4 is 240 Å². The number of allylic oxidation sites excluding steroid dienone is 9. The van der Waals surface area contributed by atoms with E-state index in [-0.39, 0.29) is 0 Å². The average Bonchev–Trinajstić information content (AvgIpc) is 0.790. The molecule has 3 fully saturated rings. The molecule has 21 heteroatoms. The summed E-state index contributed by atoms with van der Waals surface area (Å²) in [6.45, 7) is 0. The second-order valence-corrected chi connectivity index (χ2v) is 41.0. The van der Waals surface area contributed by atoms with E-state index in [1.54, 1.807) is 53.3 Å². The van der Waals surface area contributed by atoms with Crippen LogP contribution in [0.15, 0.2) is 306 Å². The molecule has 10 atom stereocenters. The molecule has 632 valence electrons. The molecule has 3 saturated heterocycles. The maximum atomic E-state index is 11.3. The van der Waals surface area contributed by atoms with Gasteiger partial charge in [0, 0.05) is 84.6 Å². The van der Waals surface area contributed by atoms with Crippen molar-refractivity contribution in [2.75, 3.05) is 10.6 Å². The third-order valence-electron chi connectivity index (χ3n) is 22.0. The summed E-state index contributed by atoms with van der Waals surface area (Å²) in [4.78, 5) is 31.9. The molecule has 6 aliphatic carbocycles. The molecular weight excluding hydrogens is 1840 g/mol. The minimum Gasteiger partial charge on any atom is -0.350 e. The number of isothiocyanates is 1. The fourth-order valence-corrected chi connectivity index (χ4v) is 23.6. The largest absolute Gasteiger partial charge is 0.350 e. The Morgan fingerprint density at radius 2 is 0.917 bits per heavy atom. The van der Waals surface area contributed by atoms with E-state index in [2.05, 4.69) is 164 Å². The first kappa shape index (κ1) is 96.5. The topological polar surface area (TPSA) is 78.5 Å². The van der Waals surface area contributed by atoms with Gasteiger partial charge in [-0.05, 0) is 362 Å². The summed E-state index contributed by atoms with van der Waals surface area (Å²) in [5.41, 5.74) is 11.0. The summed E-state index contributed by atoms with van der Waals surface area (Å²) in [5, 5.41) is 20.2. The Labute approximate surface area is 793 Å². The predicted octanol–water partition coefficient (Wildman–Crippen LogP) is 34.9. The van der Waals surface area contributed by atoms with Crippen LogP contribution >= 0.6 is 180 Å². The van der Waals surface area contributed by atoms with Crippen molar-refractivity contribution in [3.05, 3.63) is 317 Å². The molecule has 0 amide bonds. The zero-order valence-electron chi connectivity index (χ0n) is 67.7. The van der Waals surface area contributed by atoms with E-state index in [0.29, 0.717) is 42.9 Å². The summed E-state index contributed by atoms with van der Waals surface area (Å²) >= 11 is 63.8. The summed E-state index contributed by atoms with van der Waals surface area (Å²) in [6, 6.07) is 56.3. The molecule has 7 aromatic rings. The Kier molecular flexibility index (Phi) is 42.6. The normalized spacial score (nSPS) is 24.4. The van der Waals surface area contributed by atoms with Gasteiger partial charge in [0.25, 0.3) is 0 Å². The minimum atomic E-state index is 0.488. The number of halogens is 8. The smallest absolute Gasteiger partial charge is 0.148 e. The number of carbonyl (C=O) groups excluding carboxylic acids is 1. The van der Waals surface area contributed by atoms with Crippen LogP contribution in [-0.2, 0) is 11.2 Å². The van der Waals surface area contributed by atoms with Gasteiger partial charge in [-0.3, -0.25) is 4.79 Å². The number of anilines is 1. The first-order chi connectivity index (χ1) is 59.1. The van der Waals surface area contributed by atoms with Gasteiger partial charge < -0.3 is 5.32 Å². The zero-order valence-corrected chi connectivity index (χ0v) is 80.3. The van der Waals surface area contributed by atoms with E-state index >= 15 is 0 Å². The summed E-state index contributed by atoms with van der Waals surface area (Å²) in [5.74, 6) is 4.50. The summed E-state index contributed by atoms with van der Waals surface area (Å²) in [6.07, 6.45) is 56.7. The molecule has 10 aliphatic rings. The number of thioether (sulfide) groups is 5. The number of benzene rings is 7. The Morgan fingerprint density at radius 3 is 1.40 bits per heavy atom. The average molecular weight is 1940 g/mol. The Balaban J connectivity index is 0.000000141. The second kappa shape index (κ2) is 53.5. The van der Waals surface area contributed by atoms with Gasteiger partial charge in [-0.15, -0.1) is 23.5 Å². The van der Waals surface area contributed by atoms with Crippen molar-refractivity contribution < 1.29 is 4.79 Å². The van der Waals surface area contributed by atoms with Crippen LogP contribution in [0.5, 0.6) is 0 Å². The molecule has 0 radical (unpaired) electrons. The molecule has 6 nitrogen and oxygen atoms in total. The molecule has 17 rings (SSSR count). The number of hydrogen-bond donors (Lipinski definition) is 1. The third-order valence-corrected chi connectivity index (χ3v) is 31.2. The van der Waals surface area contributed by atoms with Crippen LogP contribution < -0.4 is 5.32 Å². The number of rotatable bonds is 16. The van der Waals surface area contributed by atoms with Gasteiger partial charge in [0.2, 0.25) is 0 Å². The molecular formula is C100H103BrCl7N5OS7. The molecule has 0 spiro atoms. The predicted molar refractivity (Wildman–Crippen MR) is 549 cm³/mol. The number of nitrogens with zero attached hydrogens (tertiary/aromatic N) is 4. The van der Waals surface area contributed by atoms with E-state index < -0.39 is 0 Å². The van der Waals surface area contributed by atoms with Crippen LogP contribution in [0.2, 0.25) is 30.1 Å². The van der Waals surface area contributed by atoms with Crippen LogP contribution in [0.1, 0.15) is 147 Å². The number of thiocarbonyl (C=S) groups is 2. The van der Waals surface area contributed by atoms with Crippen LogP contribution in [0.3, 0.4) is 0 Å². The number of fused-ring (bicyclic) bond motifs is 4. The molecule has 0 bridgehead atoms. The van der Waals surface area contributed by atoms with E-state index in [1.165, 1.54) is 124 Å². The number of aldehydes is 1. The Bertz CT molecular complexity index is 4890. The molecule has 10 unspecified atom stereocenters. The highest BCUT2D eigenvalue weighted by molar-refractivity contribution is 9.09. The molecule has 4 aliphatic heterocycles. The van der Waals surface area contributed by atoms with Gasteiger partial charge in [-0.1, -0.05) is 248 Å². The zero-order chi connectivity index (χ0) is 84.8. The molecule has 0 aromatic heterocycles. The van der Waals surface area contributed by atoms with Crippen LogP contribution in [0, 0.1) is 35.5 Å². The Morgan fingerprint density at radius 1 is 0.479 bits per heavy atom. The van der Waals surface area contributed by atoms with E-state index in [1.807, 2.05) is 144 Å². The van der Waals surface area contributed by atoms with Crippen molar-refractivity contribution in [2.24, 2.45) is 55.5 Å². The number of carbonyl (C=O) groups is 1. The number of aliphatic imine (C=N–C) groups is 4. The van der Waals surface area contributed by atoms with Gasteiger partial charge >= 0.3 is 0 Å².